The van der Waals surface area contributed by atoms with Gasteiger partial charge in [0.25, 0.3) is 0 Å². The fraction of sp³-hybridized carbons (Fsp3) is 0.536. The van der Waals surface area contributed by atoms with E-state index in [1.165, 1.54) is 24.7 Å². The van der Waals surface area contributed by atoms with Crippen LogP contribution < -0.4 is 15.3 Å². The van der Waals surface area contributed by atoms with E-state index in [1.807, 2.05) is 0 Å². The number of carbonyl (C=O) groups is 1. The number of aliphatic hydroxyl groups excluding tert-OH is 2. The maximum atomic E-state index is 14.1. The number of rotatable bonds is 10. The number of fused-ring (bicyclic) bond motifs is 1. The molecule has 1 aliphatic carbocycles. The van der Waals surface area contributed by atoms with Crippen molar-refractivity contribution in [3.63, 3.8) is 0 Å². The van der Waals surface area contributed by atoms with Gasteiger partial charge in [0.05, 0.1) is 12.3 Å². The van der Waals surface area contributed by atoms with E-state index >= 15 is 0 Å². The maximum Gasteiger partial charge on any atom is 0.459 e. The van der Waals surface area contributed by atoms with Crippen molar-refractivity contribution in [2.45, 2.75) is 82.5 Å². The predicted octanol–water partition coefficient (Wildman–Crippen LogP) is 3.17. The Labute approximate surface area is 243 Å². The number of carbonyl (C=O) groups excluding carboxylic acids is 1. The van der Waals surface area contributed by atoms with E-state index in [1.54, 1.807) is 42.5 Å². The Morgan fingerprint density at radius 1 is 1.24 bits per heavy atom. The van der Waals surface area contributed by atoms with Crippen LogP contribution in [-0.2, 0) is 23.4 Å². The van der Waals surface area contributed by atoms with Crippen molar-refractivity contribution in [2.24, 2.45) is 5.92 Å². The zero-order valence-electron chi connectivity index (χ0n) is 23.8. The summed E-state index contributed by atoms with van der Waals surface area (Å²) in [5.74, 6) is 0.141. The molecule has 5 N–H and O–H groups in total. The predicted molar refractivity (Wildman–Crippen MR) is 152 cm³/mol. The van der Waals surface area contributed by atoms with Crippen LogP contribution in [0.1, 0.15) is 58.3 Å². The van der Waals surface area contributed by atoms with E-state index in [4.69, 9.17) is 24.3 Å². The minimum atomic E-state index is -4.25. The van der Waals surface area contributed by atoms with Gasteiger partial charge >= 0.3 is 13.7 Å². The Morgan fingerprint density at radius 3 is 2.71 bits per heavy atom. The van der Waals surface area contributed by atoms with Gasteiger partial charge in [-0.25, -0.2) is 14.1 Å². The minimum Gasteiger partial charge on any atom is -0.461 e. The number of nitrogens with one attached hydrogen (secondary N) is 1. The fourth-order valence-electron chi connectivity index (χ4n) is 5.42. The molecule has 1 aromatic carbocycles. The van der Waals surface area contributed by atoms with Gasteiger partial charge < -0.3 is 29.9 Å². The van der Waals surface area contributed by atoms with Gasteiger partial charge in [0.2, 0.25) is 0 Å². The van der Waals surface area contributed by atoms with Crippen LogP contribution in [0, 0.1) is 5.92 Å². The summed E-state index contributed by atoms with van der Waals surface area (Å²) in [5.41, 5.74) is 5.36. The summed E-state index contributed by atoms with van der Waals surface area (Å²) in [6, 6.07) is 10.7. The van der Waals surface area contributed by atoms with Crippen LogP contribution in [0.3, 0.4) is 0 Å². The molecule has 13 nitrogen and oxygen atoms in total. The second kappa shape index (κ2) is 12.3. The van der Waals surface area contributed by atoms with Crippen LogP contribution in [0.2, 0.25) is 0 Å². The molecular weight excluding hydrogens is 565 g/mol. The highest BCUT2D eigenvalue weighted by molar-refractivity contribution is 7.52. The molecule has 1 aliphatic heterocycles. The van der Waals surface area contributed by atoms with Gasteiger partial charge in [-0.05, 0) is 63.3 Å². The van der Waals surface area contributed by atoms with Crippen LogP contribution in [0.15, 0.2) is 48.8 Å². The van der Waals surface area contributed by atoms with Gasteiger partial charge in [-0.3, -0.25) is 9.32 Å². The first-order valence-electron chi connectivity index (χ1n) is 14.1. The Balaban J connectivity index is 1.32. The number of nitrogens with zero attached hydrogens (tertiary/aromatic N) is 3. The number of hydrogen-bond donors (Lipinski definition) is 4. The highest BCUT2D eigenvalue weighted by Crippen LogP contribution is 2.48. The Bertz CT molecular complexity index is 1440. The van der Waals surface area contributed by atoms with Gasteiger partial charge in [0.15, 0.2) is 5.82 Å². The monoisotopic (exact) mass is 603 g/mol. The van der Waals surface area contributed by atoms with Crippen LogP contribution >= 0.6 is 7.75 Å². The lowest BCUT2D eigenvalue weighted by atomic mass is 9.88. The minimum absolute atomic E-state index is 0.212. The fourth-order valence-corrected chi connectivity index (χ4v) is 7.01. The lowest BCUT2D eigenvalue weighted by Crippen LogP contribution is -2.45. The topological polar surface area (TPSA) is 180 Å². The second-order valence-corrected chi connectivity index (χ2v) is 12.9. The van der Waals surface area contributed by atoms with E-state index in [0.717, 1.165) is 25.7 Å². The van der Waals surface area contributed by atoms with Crippen LogP contribution in [0.25, 0.3) is 5.52 Å². The molecule has 8 atom stereocenters. The third kappa shape index (κ3) is 6.31. The summed E-state index contributed by atoms with van der Waals surface area (Å²) in [5, 5.41) is 28.9. The van der Waals surface area contributed by atoms with E-state index in [2.05, 4.69) is 22.1 Å². The van der Waals surface area contributed by atoms with E-state index < -0.39 is 50.3 Å². The van der Waals surface area contributed by atoms with Crippen molar-refractivity contribution < 1.29 is 38.1 Å². The molecule has 1 saturated heterocycles. The Kier molecular flexibility index (Phi) is 8.89. The van der Waals surface area contributed by atoms with Crippen molar-refractivity contribution in [2.75, 3.05) is 12.3 Å². The Morgan fingerprint density at radius 2 is 1.98 bits per heavy atom. The van der Waals surface area contributed by atoms with Crippen LogP contribution in [0.5, 0.6) is 5.75 Å². The smallest absolute Gasteiger partial charge is 0.459 e. The van der Waals surface area contributed by atoms with E-state index in [0.29, 0.717) is 11.2 Å². The molecule has 3 heterocycles. The van der Waals surface area contributed by atoms with Crippen LogP contribution in [-0.4, -0.2) is 67.3 Å². The van der Waals surface area contributed by atoms with Gasteiger partial charge in [-0.1, -0.05) is 31.5 Å². The SMILES string of the molecule is C[C@H](NP(=O)(OC[C@@]1(C)O[C@@H](c2ccc3c(N)ncnn23)[C@H](O)[C@@H]1O)Oc1ccccc1)C(=O)O[C@H]1CCCC[C@@H]1C. The van der Waals surface area contributed by atoms with Crippen LogP contribution in [0.4, 0.5) is 5.82 Å². The molecule has 0 amide bonds. The summed E-state index contributed by atoms with van der Waals surface area (Å²) in [6.07, 6.45) is 1.07. The molecule has 2 aliphatic rings. The van der Waals surface area contributed by atoms with Crippen molar-refractivity contribution in [1.82, 2.24) is 19.7 Å². The third-order valence-corrected chi connectivity index (χ3v) is 9.58. The molecule has 0 spiro atoms. The number of aliphatic hydroxyl groups is 2. The molecule has 1 saturated carbocycles. The van der Waals surface area contributed by atoms with Crippen molar-refractivity contribution in [3.8, 4) is 5.75 Å². The molecule has 1 unspecified atom stereocenters. The summed E-state index contributed by atoms with van der Waals surface area (Å²) < 4.78 is 39.0. The summed E-state index contributed by atoms with van der Waals surface area (Å²) in [7, 11) is -4.25. The molecule has 3 aromatic rings. The largest absolute Gasteiger partial charge is 0.461 e. The zero-order chi connectivity index (χ0) is 30.1. The lowest BCUT2D eigenvalue weighted by Gasteiger charge is -2.31. The number of nitrogens with two attached hydrogens (primary N) is 1. The number of nitrogen functional groups attached to an aromatic ring is 1. The van der Waals surface area contributed by atoms with Gasteiger partial charge in [0.1, 0.15) is 53.7 Å². The van der Waals surface area contributed by atoms with E-state index in [-0.39, 0.29) is 23.6 Å². The first-order chi connectivity index (χ1) is 20.0. The molecule has 228 valence electrons. The molecule has 0 bridgehead atoms. The molecule has 0 radical (unpaired) electrons. The van der Waals surface area contributed by atoms with Gasteiger partial charge in [0, 0.05) is 0 Å². The number of hydrogen-bond acceptors (Lipinski definition) is 11. The normalized spacial score (nSPS) is 30.1. The zero-order valence-corrected chi connectivity index (χ0v) is 24.7. The first kappa shape index (κ1) is 30.4. The Hall–Kier alpha value is -3.06. The second-order valence-electron chi connectivity index (χ2n) is 11.3. The highest BCUT2D eigenvalue weighted by Gasteiger charge is 2.54. The third-order valence-electron chi connectivity index (χ3n) is 7.95. The van der Waals surface area contributed by atoms with Gasteiger partial charge in [-0.15, -0.1) is 0 Å². The summed E-state index contributed by atoms with van der Waals surface area (Å²) in [4.78, 5) is 16.9. The average Bonchev–Trinajstić information content (AvgIpc) is 3.49. The van der Waals surface area contributed by atoms with E-state index in [9.17, 15) is 19.6 Å². The van der Waals surface area contributed by atoms with Gasteiger partial charge in [-0.2, -0.15) is 10.2 Å². The number of para-hydroxylation sites is 1. The van der Waals surface area contributed by atoms with Crippen molar-refractivity contribution in [3.05, 3.63) is 54.5 Å². The van der Waals surface area contributed by atoms with Crippen molar-refractivity contribution in [1.29, 1.82) is 0 Å². The molecule has 14 heteroatoms. The molecular formula is C28H38N5O8P. The average molecular weight is 604 g/mol. The standard InChI is InChI=1S/C28H38N5O8P/c1-17-9-7-8-12-22(17)39-27(36)18(2)32-42(37,41-19-10-5-4-6-11-19)38-15-28(3)25(35)23(34)24(40-28)20-13-14-21-26(29)30-16-31-33(20)21/h4-6,10-11,13-14,16-18,22-25,34-35H,7-9,12,15H2,1-3H3,(H,32,37)(H2,29,30,31)/t17-,18-,22-,23-,24-,25-,28+,42?/m0/s1. The number of esters is 1. The molecule has 42 heavy (non-hydrogen) atoms. The quantitative estimate of drug-likeness (QED) is 0.197. The first-order valence-corrected chi connectivity index (χ1v) is 15.6. The maximum absolute atomic E-state index is 14.1. The summed E-state index contributed by atoms with van der Waals surface area (Å²) >= 11 is 0. The van der Waals surface area contributed by atoms with Crippen molar-refractivity contribution >= 4 is 25.1 Å². The lowest BCUT2D eigenvalue weighted by molar-refractivity contribution is -0.155. The number of ether oxygens (including phenoxy) is 2. The molecule has 5 rings (SSSR count). The molecule has 2 fully saturated rings. The number of aromatic nitrogens is 3. The number of benzene rings is 1. The summed E-state index contributed by atoms with van der Waals surface area (Å²) in [6.45, 7) is 4.64. The highest BCUT2D eigenvalue weighted by atomic mass is 31.2. The number of anilines is 1. The molecule has 2 aromatic heterocycles.